The standard InChI is InChI=1S/C15H19FN2O2/c16-12-5-7-13(8-6-12)18(10-9-14(17)19)15(20)11-3-1-2-4-11/h5-8,11H,1-4,9-10H2,(H2,17,19). The molecule has 0 bridgehead atoms. The van der Waals surface area contributed by atoms with Crippen LogP contribution in [-0.2, 0) is 9.59 Å². The fraction of sp³-hybridized carbons (Fsp3) is 0.467. The number of amides is 2. The lowest BCUT2D eigenvalue weighted by Gasteiger charge is -2.25. The zero-order valence-electron chi connectivity index (χ0n) is 11.3. The normalized spacial score (nSPS) is 15.2. The summed E-state index contributed by atoms with van der Waals surface area (Å²) in [6.45, 7) is 0.246. The van der Waals surface area contributed by atoms with Crippen LogP contribution >= 0.6 is 0 Å². The first-order valence-corrected chi connectivity index (χ1v) is 6.93. The van der Waals surface area contributed by atoms with E-state index in [2.05, 4.69) is 0 Å². The Labute approximate surface area is 117 Å². The molecule has 20 heavy (non-hydrogen) atoms. The highest BCUT2D eigenvalue weighted by molar-refractivity contribution is 5.95. The van der Waals surface area contributed by atoms with Gasteiger partial charge < -0.3 is 10.6 Å². The lowest BCUT2D eigenvalue weighted by atomic mass is 10.1. The predicted octanol–water partition coefficient (Wildman–Crippen LogP) is 2.22. The van der Waals surface area contributed by atoms with Crippen molar-refractivity contribution in [3.63, 3.8) is 0 Å². The van der Waals surface area contributed by atoms with E-state index in [4.69, 9.17) is 5.73 Å². The minimum atomic E-state index is -0.448. The minimum Gasteiger partial charge on any atom is -0.370 e. The van der Waals surface area contributed by atoms with Gasteiger partial charge in [0.1, 0.15) is 5.82 Å². The fourth-order valence-electron chi connectivity index (χ4n) is 2.60. The van der Waals surface area contributed by atoms with Crippen LogP contribution in [0.5, 0.6) is 0 Å². The Morgan fingerprint density at radius 3 is 2.35 bits per heavy atom. The van der Waals surface area contributed by atoms with Gasteiger partial charge in [0.2, 0.25) is 11.8 Å². The minimum absolute atomic E-state index is 0.00734. The first-order valence-electron chi connectivity index (χ1n) is 6.93. The van der Waals surface area contributed by atoms with E-state index in [0.29, 0.717) is 5.69 Å². The van der Waals surface area contributed by atoms with Crippen LogP contribution in [0.3, 0.4) is 0 Å². The molecule has 0 aromatic heterocycles. The van der Waals surface area contributed by atoms with E-state index in [1.165, 1.54) is 12.1 Å². The van der Waals surface area contributed by atoms with Crippen molar-refractivity contribution in [1.29, 1.82) is 0 Å². The molecule has 1 aliphatic carbocycles. The third kappa shape index (κ3) is 3.56. The summed E-state index contributed by atoms with van der Waals surface area (Å²) < 4.78 is 13.0. The molecule has 4 nitrogen and oxygen atoms in total. The second kappa shape index (κ2) is 6.50. The second-order valence-electron chi connectivity index (χ2n) is 5.16. The Balaban J connectivity index is 2.16. The average molecular weight is 278 g/mol. The maximum Gasteiger partial charge on any atom is 0.230 e. The molecule has 0 heterocycles. The van der Waals surface area contributed by atoms with Crippen LogP contribution in [0.2, 0.25) is 0 Å². The van der Waals surface area contributed by atoms with Crippen molar-refractivity contribution in [2.45, 2.75) is 32.1 Å². The van der Waals surface area contributed by atoms with E-state index < -0.39 is 5.91 Å². The summed E-state index contributed by atoms with van der Waals surface area (Å²) in [6, 6.07) is 5.75. The number of benzene rings is 1. The van der Waals surface area contributed by atoms with Gasteiger partial charge in [-0.2, -0.15) is 0 Å². The Morgan fingerprint density at radius 1 is 1.20 bits per heavy atom. The van der Waals surface area contributed by atoms with Gasteiger partial charge >= 0.3 is 0 Å². The van der Waals surface area contributed by atoms with Crippen molar-refractivity contribution < 1.29 is 14.0 Å². The molecular weight excluding hydrogens is 259 g/mol. The summed E-state index contributed by atoms with van der Waals surface area (Å²) in [7, 11) is 0. The van der Waals surface area contributed by atoms with Crippen molar-refractivity contribution in [3.05, 3.63) is 30.1 Å². The number of halogens is 1. The highest BCUT2D eigenvalue weighted by Crippen LogP contribution is 2.28. The molecule has 0 radical (unpaired) electrons. The zero-order chi connectivity index (χ0) is 14.5. The summed E-state index contributed by atoms with van der Waals surface area (Å²) in [5.41, 5.74) is 5.77. The highest BCUT2D eigenvalue weighted by Gasteiger charge is 2.28. The SMILES string of the molecule is NC(=O)CCN(C(=O)C1CCCC1)c1ccc(F)cc1. The largest absolute Gasteiger partial charge is 0.370 e. The molecule has 1 aliphatic rings. The average Bonchev–Trinajstić information content (AvgIpc) is 2.94. The molecule has 0 atom stereocenters. The molecule has 5 heteroatoms. The third-order valence-electron chi connectivity index (χ3n) is 3.69. The quantitative estimate of drug-likeness (QED) is 0.897. The number of rotatable bonds is 5. The van der Waals surface area contributed by atoms with Crippen LogP contribution in [0, 0.1) is 11.7 Å². The van der Waals surface area contributed by atoms with Gasteiger partial charge in [-0.3, -0.25) is 9.59 Å². The molecule has 1 aromatic rings. The molecule has 0 aliphatic heterocycles. The van der Waals surface area contributed by atoms with E-state index in [1.54, 1.807) is 17.0 Å². The molecule has 0 spiro atoms. The van der Waals surface area contributed by atoms with Crippen molar-refractivity contribution >= 4 is 17.5 Å². The fourth-order valence-corrected chi connectivity index (χ4v) is 2.60. The van der Waals surface area contributed by atoms with Gasteiger partial charge in [-0.05, 0) is 37.1 Å². The van der Waals surface area contributed by atoms with E-state index in [1.807, 2.05) is 0 Å². The van der Waals surface area contributed by atoms with Crippen molar-refractivity contribution in [2.24, 2.45) is 11.7 Å². The number of carbonyl (C=O) groups excluding carboxylic acids is 2. The van der Waals surface area contributed by atoms with E-state index in [0.717, 1.165) is 25.7 Å². The van der Waals surface area contributed by atoms with Crippen molar-refractivity contribution in [3.8, 4) is 0 Å². The van der Waals surface area contributed by atoms with Crippen LogP contribution in [0.25, 0.3) is 0 Å². The Morgan fingerprint density at radius 2 is 1.80 bits per heavy atom. The summed E-state index contributed by atoms with van der Waals surface area (Å²) >= 11 is 0. The molecular formula is C15H19FN2O2. The van der Waals surface area contributed by atoms with Gasteiger partial charge in [-0.15, -0.1) is 0 Å². The van der Waals surface area contributed by atoms with Gasteiger partial charge in [-0.1, -0.05) is 12.8 Å². The summed E-state index contributed by atoms with van der Waals surface area (Å²) in [4.78, 5) is 25.0. The number of hydrogen-bond donors (Lipinski definition) is 1. The molecule has 1 fully saturated rings. The summed E-state index contributed by atoms with van der Waals surface area (Å²) in [5, 5.41) is 0. The molecule has 2 amide bonds. The monoisotopic (exact) mass is 278 g/mol. The molecule has 1 aromatic carbocycles. The smallest absolute Gasteiger partial charge is 0.230 e. The van der Waals surface area contributed by atoms with Crippen LogP contribution in [0.15, 0.2) is 24.3 Å². The summed E-state index contributed by atoms with van der Waals surface area (Å²) in [6.07, 6.45) is 3.99. The van der Waals surface area contributed by atoms with Gasteiger partial charge in [0.15, 0.2) is 0 Å². The lowest BCUT2D eigenvalue weighted by molar-refractivity contribution is -0.122. The Kier molecular flexibility index (Phi) is 4.71. The molecule has 0 saturated heterocycles. The number of primary amides is 1. The first kappa shape index (κ1) is 14.5. The molecule has 2 rings (SSSR count). The van der Waals surface area contributed by atoms with Crippen LogP contribution in [0.4, 0.5) is 10.1 Å². The van der Waals surface area contributed by atoms with Gasteiger partial charge in [0, 0.05) is 24.6 Å². The lowest BCUT2D eigenvalue weighted by Crippen LogP contribution is -2.37. The molecule has 1 saturated carbocycles. The van der Waals surface area contributed by atoms with Crippen molar-refractivity contribution in [1.82, 2.24) is 0 Å². The summed E-state index contributed by atoms with van der Waals surface area (Å²) in [5.74, 6) is -0.781. The van der Waals surface area contributed by atoms with Crippen LogP contribution in [-0.4, -0.2) is 18.4 Å². The van der Waals surface area contributed by atoms with Gasteiger partial charge in [0.05, 0.1) is 0 Å². The van der Waals surface area contributed by atoms with Crippen molar-refractivity contribution in [2.75, 3.05) is 11.4 Å². The maximum absolute atomic E-state index is 13.0. The number of nitrogens with zero attached hydrogens (tertiary/aromatic N) is 1. The number of carbonyl (C=O) groups is 2. The highest BCUT2D eigenvalue weighted by atomic mass is 19.1. The van der Waals surface area contributed by atoms with Crippen LogP contribution < -0.4 is 10.6 Å². The number of anilines is 1. The number of hydrogen-bond acceptors (Lipinski definition) is 2. The maximum atomic E-state index is 13.0. The Hall–Kier alpha value is -1.91. The molecule has 2 N–H and O–H groups in total. The number of nitrogens with two attached hydrogens (primary N) is 1. The first-order chi connectivity index (χ1) is 9.58. The topological polar surface area (TPSA) is 63.4 Å². The van der Waals surface area contributed by atoms with Gasteiger partial charge in [-0.25, -0.2) is 4.39 Å². The van der Waals surface area contributed by atoms with E-state index in [-0.39, 0.29) is 30.6 Å². The molecule has 108 valence electrons. The predicted molar refractivity (Wildman–Crippen MR) is 74.5 cm³/mol. The van der Waals surface area contributed by atoms with E-state index in [9.17, 15) is 14.0 Å². The van der Waals surface area contributed by atoms with Crippen LogP contribution in [0.1, 0.15) is 32.1 Å². The molecule has 0 unspecified atom stereocenters. The zero-order valence-corrected chi connectivity index (χ0v) is 11.3. The Bertz CT molecular complexity index is 481. The van der Waals surface area contributed by atoms with E-state index >= 15 is 0 Å². The second-order valence-corrected chi connectivity index (χ2v) is 5.16. The third-order valence-corrected chi connectivity index (χ3v) is 3.69. The van der Waals surface area contributed by atoms with Gasteiger partial charge in [0.25, 0.3) is 0 Å².